The van der Waals surface area contributed by atoms with Crippen molar-refractivity contribution < 1.29 is 4.79 Å². The summed E-state index contributed by atoms with van der Waals surface area (Å²) in [5.41, 5.74) is 0.813. The summed E-state index contributed by atoms with van der Waals surface area (Å²) in [7, 11) is 0. The van der Waals surface area contributed by atoms with E-state index in [0.717, 1.165) is 24.8 Å². The van der Waals surface area contributed by atoms with Crippen LogP contribution in [0, 0.1) is 5.41 Å². The number of carbonyl (C=O) groups excluding carboxylic acids is 1. The Morgan fingerprint density at radius 1 is 1.21 bits per heavy atom. The molecule has 1 fully saturated rings. The fraction of sp³-hybridized carbons (Fsp3) is 0.526. The summed E-state index contributed by atoms with van der Waals surface area (Å²) in [6.07, 6.45) is 3.02. The summed E-state index contributed by atoms with van der Waals surface area (Å²) in [5.74, 6) is -0.231. The third kappa shape index (κ3) is 3.07. The molecule has 1 saturated heterocycles. The molecule has 1 aliphatic heterocycles. The first-order valence-electron chi connectivity index (χ1n) is 8.72. The van der Waals surface area contributed by atoms with Crippen molar-refractivity contribution in [1.29, 1.82) is 0 Å². The van der Waals surface area contributed by atoms with E-state index in [0.29, 0.717) is 25.0 Å². The molecule has 0 saturated carbocycles. The van der Waals surface area contributed by atoms with Gasteiger partial charge in [0.25, 0.3) is 5.91 Å². The van der Waals surface area contributed by atoms with E-state index >= 15 is 0 Å². The summed E-state index contributed by atoms with van der Waals surface area (Å²) in [6, 6.07) is 7.35. The molecule has 2 heterocycles. The second kappa shape index (κ2) is 6.38. The lowest BCUT2D eigenvalue weighted by Crippen LogP contribution is -2.37. The van der Waals surface area contributed by atoms with Crippen molar-refractivity contribution in [3.8, 4) is 0 Å². The Labute approximate surface area is 142 Å². The molecular formula is C19H25N3O2. The van der Waals surface area contributed by atoms with Gasteiger partial charge in [-0.3, -0.25) is 14.3 Å². The Kier molecular flexibility index (Phi) is 4.43. The van der Waals surface area contributed by atoms with Crippen LogP contribution in [0.25, 0.3) is 10.9 Å². The van der Waals surface area contributed by atoms with Gasteiger partial charge in [-0.25, -0.2) is 0 Å². The first kappa shape index (κ1) is 16.7. The molecule has 1 aromatic carbocycles. The Balaban J connectivity index is 2.01. The largest absolute Gasteiger partial charge is 0.337 e. The van der Waals surface area contributed by atoms with Crippen LogP contribution in [-0.2, 0) is 6.54 Å². The first-order chi connectivity index (χ1) is 11.4. The number of para-hydroxylation sites is 1. The summed E-state index contributed by atoms with van der Waals surface area (Å²) < 4.78 is 1.74. The molecule has 0 N–H and O–H groups in total. The highest BCUT2D eigenvalue weighted by Gasteiger charge is 2.28. The van der Waals surface area contributed by atoms with Crippen LogP contribution < -0.4 is 5.43 Å². The maximum atomic E-state index is 12.9. The molecule has 0 atom stereocenters. The first-order valence-corrected chi connectivity index (χ1v) is 8.72. The minimum absolute atomic E-state index is 0.0512. The molecule has 0 radical (unpaired) electrons. The average molecular weight is 327 g/mol. The SMILES string of the molecule is CCn1nc(C(=O)N2CCCC(C)(C)CC2)c(=O)c2ccccc21. The van der Waals surface area contributed by atoms with Crippen LogP contribution in [0.1, 0.15) is 50.5 Å². The Bertz CT molecular complexity index is 823. The van der Waals surface area contributed by atoms with Crippen molar-refractivity contribution in [3.05, 3.63) is 40.2 Å². The number of aryl methyl sites for hydroxylation is 1. The summed E-state index contributed by atoms with van der Waals surface area (Å²) in [6.45, 7) is 8.44. The van der Waals surface area contributed by atoms with Gasteiger partial charge in [0.15, 0.2) is 5.69 Å². The zero-order valence-electron chi connectivity index (χ0n) is 14.7. The lowest BCUT2D eigenvalue weighted by Gasteiger charge is -2.23. The standard InChI is InChI=1S/C19H25N3O2/c1-4-22-15-9-6-5-8-14(15)17(23)16(20-22)18(24)21-12-7-10-19(2,3)11-13-21/h5-6,8-9H,4,7,10-13H2,1-3H3. The van der Waals surface area contributed by atoms with Crippen LogP contribution in [0.3, 0.4) is 0 Å². The van der Waals surface area contributed by atoms with E-state index in [2.05, 4.69) is 18.9 Å². The van der Waals surface area contributed by atoms with E-state index in [9.17, 15) is 9.59 Å². The van der Waals surface area contributed by atoms with Crippen molar-refractivity contribution in [2.75, 3.05) is 13.1 Å². The molecule has 3 rings (SSSR count). The molecule has 1 amide bonds. The second-order valence-corrected chi connectivity index (χ2v) is 7.32. The summed E-state index contributed by atoms with van der Waals surface area (Å²) in [5, 5.41) is 4.94. The number of benzene rings is 1. The predicted molar refractivity (Wildman–Crippen MR) is 95.2 cm³/mol. The number of hydrogen-bond acceptors (Lipinski definition) is 3. The molecule has 0 bridgehead atoms. The fourth-order valence-corrected chi connectivity index (χ4v) is 3.39. The van der Waals surface area contributed by atoms with Crippen LogP contribution in [0.2, 0.25) is 0 Å². The number of amides is 1. The quantitative estimate of drug-likeness (QED) is 0.852. The van der Waals surface area contributed by atoms with Gasteiger partial charge < -0.3 is 4.90 Å². The van der Waals surface area contributed by atoms with Crippen LogP contribution in [0.15, 0.2) is 29.1 Å². The maximum Gasteiger partial charge on any atom is 0.278 e. The van der Waals surface area contributed by atoms with E-state index in [1.807, 2.05) is 25.1 Å². The third-order valence-electron chi connectivity index (χ3n) is 4.99. The fourth-order valence-electron chi connectivity index (χ4n) is 3.39. The third-order valence-corrected chi connectivity index (χ3v) is 4.99. The van der Waals surface area contributed by atoms with Crippen LogP contribution in [0.4, 0.5) is 0 Å². The molecule has 5 nitrogen and oxygen atoms in total. The van der Waals surface area contributed by atoms with Crippen molar-refractivity contribution in [2.24, 2.45) is 5.41 Å². The molecule has 5 heteroatoms. The number of likely N-dealkylation sites (tertiary alicyclic amines) is 1. The minimum atomic E-state index is -0.260. The number of fused-ring (bicyclic) bond motifs is 1. The maximum absolute atomic E-state index is 12.9. The second-order valence-electron chi connectivity index (χ2n) is 7.32. The lowest BCUT2D eigenvalue weighted by atomic mass is 9.85. The molecule has 128 valence electrons. The Morgan fingerprint density at radius 2 is 1.96 bits per heavy atom. The molecule has 0 spiro atoms. The van der Waals surface area contributed by atoms with Gasteiger partial charge in [-0.2, -0.15) is 5.10 Å². The lowest BCUT2D eigenvalue weighted by molar-refractivity contribution is 0.0748. The number of carbonyl (C=O) groups is 1. The highest BCUT2D eigenvalue weighted by molar-refractivity contribution is 5.95. The van der Waals surface area contributed by atoms with Crippen LogP contribution in [-0.4, -0.2) is 33.7 Å². The predicted octanol–water partition coefficient (Wildman–Crippen LogP) is 3.07. The van der Waals surface area contributed by atoms with Crippen molar-refractivity contribution in [2.45, 2.75) is 46.6 Å². The molecule has 0 aliphatic carbocycles. The molecule has 0 unspecified atom stereocenters. The molecule has 1 aliphatic rings. The molecule has 1 aromatic heterocycles. The van der Waals surface area contributed by atoms with E-state index in [-0.39, 0.29) is 22.4 Å². The topological polar surface area (TPSA) is 55.2 Å². The van der Waals surface area contributed by atoms with E-state index < -0.39 is 0 Å². The Morgan fingerprint density at radius 3 is 2.71 bits per heavy atom. The molecular weight excluding hydrogens is 302 g/mol. The van der Waals surface area contributed by atoms with Gasteiger partial charge >= 0.3 is 0 Å². The van der Waals surface area contributed by atoms with Crippen molar-refractivity contribution in [1.82, 2.24) is 14.7 Å². The number of aromatic nitrogens is 2. The number of rotatable bonds is 2. The zero-order chi connectivity index (χ0) is 17.3. The van der Waals surface area contributed by atoms with Crippen molar-refractivity contribution in [3.63, 3.8) is 0 Å². The van der Waals surface area contributed by atoms with Gasteiger partial charge in [0.05, 0.1) is 5.52 Å². The van der Waals surface area contributed by atoms with Crippen LogP contribution in [0.5, 0.6) is 0 Å². The van der Waals surface area contributed by atoms with Gasteiger partial charge in [0, 0.05) is 25.0 Å². The number of hydrogen-bond donors (Lipinski definition) is 0. The number of nitrogens with zero attached hydrogens (tertiary/aromatic N) is 3. The normalized spacial score (nSPS) is 17.7. The highest BCUT2D eigenvalue weighted by atomic mass is 16.2. The van der Waals surface area contributed by atoms with Gasteiger partial charge in [0.1, 0.15) is 0 Å². The van der Waals surface area contributed by atoms with Gasteiger partial charge in [-0.15, -0.1) is 0 Å². The average Bonchev–Trinajstić information content (AvgIpc) is 2.75. The Hall–Kier alpha value is -2.17. The van der Waals surface area contributed by atoms with Crippen molar-refractivity contribution >= 4 is 16.8 Å². The van der Waals surface area contributed by atoms with E-state index in [4.69, 9.17) is 0 Å². The van der Waals surface area contributed by atoms with E-state index in [1.54, 1.807) is 15.6 Å². The minimum Gasteiger partial charge on any atom is -0.337 e. The van der Waals surface area contributed by atoms with Crippen LogP contribution >= 0.6 is 0 Å². The van der Waals surface area contributed by atoms with Gasteiger partial charge in [0.2, 0.25) is 5.43 Å². The molecule has 24 heavy (non-hydrogen) atoms. The monoisotopic (exact) mass is 327 g/mol. The van der Waals surface area contributed by atoms with Gasteiger partial charge in [-0.1, -0.05) is 26.0 Å². The highest BCUT2D eigenvalue weighted by Crippen LogP contribution is 2.30. The smallest absolute Gasteiger partial charge is 0.278 e. The van der Waals surface area contributed by atoms with E-state index in [1.165, 1.54) is 0 Å². The molecule has 2 aromatic rings. The summed E-state index contributed by atoms with van der Waals surface area (Å²) >= 11 is 0. The zero-order valence-corrected chi connectivity index (χ0v) is 14.7. The van der Waals surface area contributed by atoms with Gasteiger partial charge in [-0.05, 0) is 43.7 Å². The summed E-state index contributed by atoms with van der Waals surface area (Å²) in [4.78, 5) is 27.5.